The minimum atomic E-state index is -0.464. The summed E-state index contributed by atoms with van der Waals surface area (Å²) in [5.41, 5.74) is 5.34. The van der Waals surface area contributed by atoms with Crippen LogP contribution in [-0.2, 0) is 4.79 Å². The molecule has 17 heavy (non-hydrogen) atoms. The van der Waals surface area contributed by atoms with Crippen LogP contribution in [-0.4, -0.2) is 28.9 Å². The smallest absolute Gasteiger partial charge is 0.235 e. The normalized spacial score (nSPS) is 34.2. The molecule has 3 aliphatic rings. The first-order valence-corrected chi connectivity index (χ1v) is 7.13. The van der Waals surface area contributed by atoms with Crippen LogP contribution in [0.15, 0.2) is 0 Å². The molecule has 0 bridgehead atoms. The Morgan fingerprint density at radius 2 is 1.76 bits per heavy atom. The summed E-state index contributed by atoms with van der Waals surface area (Å²) in [6.45, 7) is 1.90. The molecule has 0 aromatic carbocycles. The number of hydrogen-bond donors (Lipinski definition) is 1. The molecule has 2 saturated carbocycles. The van der Waals surface area contributed by atoms with Gasteiger partial charge in [0.25, 0.3) is 0 Å². The average molecular weight is 252 g/mol. The maximum atomic E-state index is 12.6. The van der Waals surface area contributed by atoms with E-state index in [9.17, 15) is 4.79 Å². The molecule has 0 aromatic heterocycles. The molecule has 94 valence electrons. The number of nitrogens with two attached hydrogens (primary N) is 1. The van der Waals surface area contributed by atoms with Gasteiger partial charge in [-0.3, -0.25) is 4.79 Å². The summed E-state index contributed by atoms with van der Waals surface area (Å²) in [4.78, 5) is 15.1. The second-order valence-electron chi connectivity index (χ2n) is 5.96. The van der Waals surface area contributed by atoms with Crippen molar-refractivity contribution in [2.24, 2.45) is 23.0 Å². The van der Waals surface area contributed by atoms with Crippen LogP contribution in [0.1, 0.15) is 38.5 Å². The number of hydrogen-bond acceptors (Lipinski definition) is 2. The van der Waals surface area contributed by atoms with Crippen LogP contribution < -0.4 is 5.73 Å². The lowest BCUT2D eigenvalue weighted by Crippen LogP contribution is -2.54. The van der Waals surface area contributed by atoms with Crippen molar-refractivity contribution in [3.63, 3.8) is 0 Å². The molecule has 0 radical (unpaired) electrons. The zero-order chi connectivity index (χ0) is 12.0. The van der Waals surface area contributed by atoms with Gasteiger partial charge in [-0.2, -0.15) is 0 Å². The van der Waals surface area contributed by atoms with Crippen LogP contribution in [0.5, 0.6) is 0 Å². The Bertz CT molecular complexity index is 352. The molecule has 3 rings (SSSR count). The van der Waals surface area contributed by atoms with Gasteiger partial charge < -0.3 is 10.6 Å². The van der Waals surface area contributed by atoms with Crippen molar-refractivity contribution in [3.8, 4) is 0 Å². The summed E-state index contributed by atoms with van der Waals surface area (Å²) in [5.74, 6) is 1.73. The number of likely N-dealkylation sites (tertiary alicyclic amines) is 1. The van der Waals surface area contributed by atoms with Gasteiger partial charge in [0, 0.05) is 13.1 Å². The predicted molar refractivity (Wildman–Crippen MR) is 70.5 cm³/mol. The third kappa shape index (κ3) is 1.60. The van der Waals surface area contributed by atoms with E-state index in [0.29, 0.717) is 4.99 Å². The van der Waals surface area contributed by atoms with Gasteiger partial charge in [-0.15, -0.1) is 0 Å². The zero-order valence-electron chi connectivity index (χ0n) is 10.2. The van der Waals surface area contributed by atoms with E-state index in [1.165, 1.54) is 19.3 Å². The third-order valence-corrected chi connectivity index (χ3v) is 5.49. The maximum Gasteiger partial charge on any atom is 0.235 e. The number of carbonyl (C=O) groups is 1. The fraction of sp³-hybridized carbons (Fsp3) is 0.846. The molecule has 3 fully saturated rings. The summed E-state index contributed by atoms with van der Waals surface area (Å²) >= 11 is 5.12. The quantitative estimate of drug-likeness (QED) is 0.761. The second-order valence-corrected chi connectivity index (χ2v) is 6.40. The lowest BCUT2D eigenvalue weighted by molar-refractivity contribution is -0.141. The van der Waals surface area contributed by atoms with Crippen LogP contribution in [0, 0.1) is 17.3 Å². The highest BCUT2D eigenvalue weighted by molar-refractivity contribution is 7.80. The average Bonchev–Trinajstić information content (AvgIpc) is 2.72. The molecule has 1 aliphatic heterocycles. The van der Waals surface area contributed by atoms with Gasteiger partial charge in [-0.25, -0.2) is 0 Å². The van der Waals surface area contributed by atoms with Crippen LogP contribution in [0.4, 0.5) is 0 Å². The Balaban J connectivity index is 1.73. The van der Waals surface area contributed by atoms with E-state index < -0.39 is 5.41 Å². The number of amides is 1. The largest absolute Gasteiger partial charge is 0.392 e. The minimum absolute atomic E-state index is 0.227. The summed E-state index contributed by atoms with van der Waals surface area (Å²) in [7, 11) is 0. The fourth-order valence-electron chi connectivity index (χ4n) is 3.80. The van der Waals surface area contributed by atoms with Crippen LogP contribution in [0.3, 0.4) is 0 Å². The standard InChI is InChI=1S/C13H20N2OS/c14-11(17)13(5-2-6-13)12(16)15-7-9-3-1-4-10(9)8-15/h9-10H,1-8H2,(H2,14,17). The van der Waals surface area contributed by atoms with Gasteiger partial charge in [-0.1, -0.05) is 25.1 Å². The van der Waals surface area contributed by atoms with E-state index in [1.54, 1.807) is 0 Å². The predicted octanol–water partition coefficient (Wildman–Crippen LogP) is 1.70. The van der Waals surface area contributed by atoms with E-state index in [-0.39, 0.29) is 5.91 Å². The number of fused-ring (bicyclic) bond motifs is 1. The van der Waals surface area contributed by atoms with Gasteiger partial charge in [-0.05, 0) is 37.5 Å². The van der Waals surface area contributed by atoms with Crippen LogP contribution in [0.2, 0.25) is 0 Å². The molecule has 0 spiro atoms. The Labute approximate surface area is 108 Å². The van der Waals surface area contributed by atoms with Crippen molar-refractivity contribution >= 4 is 23.1 Å². The van der Waals surface area contributed by atoms with Gasteiger partial charge in [0.15, 0.2) is 0 Å². The van der Waals surface area contributed by atoms with Crippen molar-refractivity contribution in [1.82, 2.24) is 4.90 Å². The van der Waals surface area contributed by atoms with Gasteiger partial charge in [0.1, 0.15) is 0 Å². The maximum absolute atomic E-state index is 12.6. The summed E-state index contributed by atoms with van der Waals surface area (Å²) in [6.07, 6.45) is 6.77. The molecule has 2 N–H and O–H groups in total. The van der Waals surface area contributed by atoms with E-state index in [4.69, 9.17) is 18.0 Å². The SMILES string of the molecule is NC(=S)C1(C(=O)N2CC3CCCC3C2)CCC1. The molecule has 1 heterocycles. The molecule has 2 unspecified atom stereocenters. The van der Waals surface area contributed by atoms with E-state index in [1.807, 2.05) is 4.90 Å². The molecule has 2 atom stereocenters. The van der Waals surface area contributed by atoms with Crippen molar-refractivity contribution < 1.29 is 4.79 Å². The monoisotopic (exact) mass is 252 g/mol. The summed E-state index contributed by atoms with van der Waals surface area (Å²) in [6, 6.07) is 0. The molecular formula is C13H20N2OS. The number of nitrogens with zero attached hydrogens (tertiary/aromatic N) is 1. The highest BCUT2D eigenvalue weighted by atomic mass is 32.1. The van der Waals surface area contributed by atoms with Crippen molar-refractivity contribution in [1.29, 1.82) is 0 Å². The zero-order valence-corrected chi connectivity index (χ0v) is 11.0. The molecule has 0 aromatic rings. The lowest BCUT2D eigenvalue weighted by Gasteiger charge is -2.41. The number of carbonyl (C=O) groups excluding carboxylic acids is 1. The second kappa shape index (κ2) is 3.94. The van der Waals surface area contributed by atoms with Crippen LogP contribution in [0.25, 0.3) is 0 Å². The highest BCUT2D eigenvalue weighted by Crippen LogP contribution is 2.45. The number of thiocarbonyl (C=S) groups is 1. The van der Waals surface area contributed by atoms with Crippen LogP contribution >= 0.6 is 12.2 Å². The van der Waals surface area contributed by atoms with Gasteiger partial charge in [0.05, 0.1) is 10.4 Å². The Morgan fingerprint density at radius 3 is 2.18 bits per heavy atom. The van der Waals surface area contributed by atoms with Gasteiger partial charge >= 0.3 is 0 Å². The summed E-state index contributed by atoms with van der Waals surface area (Å²) < 4.78 is 0. The molecule has 3 nitrogen and oxygen atoms in total. The molecule has 2 aliphatic carbocycles. The Kier molecular flexibility index (Phi) is 2.65. The van der Waals surface area contributed by atoms with Crippen molar-refractivity contribution in [3.05, 3.63) is 0 Å². The lowest BCUT2D eigenvalue weighted by atomic mass is 9.67. The Hall–Kier alpha value is -0.640. The minimum Gasteiger partial charge on any atom is -0.392 e. The fourth-order valence-corrected chi connectivity index (χ4v) is 4.09. The third-order valence-electron chi connectivity index (χ3n) is 5.10. The number of rotatable bonds is 2. The molecule has 1 saturated heterocycles. The summed E-state index contributed by atoms with van der Waals surface area (Å²) in [5, 5.41) is 0. The van der Waals surface area contributed by atoms with Crippen molar-refractivity contribution in [2.45, 2.75) is 38.5 Å². The van der Waals surface area contributed by atoms with Gasteiger partial charge in [0.2, 0.25) is 5.91 Å². The first-order valence-electron chi connectivity index (χ1n) is 6.73. The molecular weight excluding hydrogens is 232 g/mol. The van der Waals surface area contributed by atoms with E-state index >= 15 is 0 Å². The highest BCUT2D eigenvalue weighted by Gasteiger charge is 2.51. The van der Waals surface area contributed by atoms with E-state index in [0.717, 1.165) is 44.2 Å². The topological polar surface area (TPSA) is 46.3 Å². The van der Waals surface area contributed by atoms with Crippen molar-refractivity contribution in [2.75, 3.05) is 13.1 Å². The first-order chi connectivity index (χ1) is 8.13. The molecule has 4 heteroatoms. The molecule has 1 amide bonds. The van der Waals surface area contributed by atoms with E-state index in [2.05, 4.69) is 0 Å². The first kappa shape index (κ1) is 11.5. The Morgan fingerprint density at radius 1 is 1.18 bits per heavy atom.